The van der Waals surface area contributed by atoms with Gasteiger partial charge in [-0.1, -0.05) is 154 Å². The van der Waals surface area contributed by atoms with Crippen molar-refractivity contribution in [3.8, 4) is 11.5 Å². The molecule has 2 aromatic heterocycles. The SMILES string of the molecule is CCCCCCCC/C=C/CCCCCCCC(=O)Oc1ccc2c(C)cc(=O)oc2c1.CCCCCCCCCCCCCCCC(=O)Oc1ccc2c(C)cc(=O)oc2c1. The highest BCUT2D eigenvalue weighted by Gasteiger charge is 2.10. The molecule has 8 heteroatoms. The minimum absolute atomic E-state index is 0.229. The van der Waals surface area contributed by atoms with Crippen LogP contribution >= 0.6 is 0 Å². The maximum atomic E-state index is 12.1. The van der Waals surface area contributed by atoms with Gasteiger partial charge in [0.1, 0.15) is 22.7 Å². The topological polar surface area (TPSA) is 113 Å². The van der Waals surface area contributed by atoms with Gasteiger partial charge in [0.25, 0.3) is 0 Å². The first-order chi connectivity index (χ1) is 30.2. The van der Waals surface area contributed by atoms with Crippen molar-refractivity contribution >= 4 is 33.9 Å². The average molecular weight is 855 g/mol. The second-order valence-corrected chi connectivity index (χ2v) is 17.1. The number of esters is 2. The third-order valence-corrected chi connectivity index (χ3v) is 11.4. The molecule has 0 fully saturated rings. The van der Waals surface area contributed by atoms with Crippen molar-refractivity contribution in [2.45, 2.75) is 207 Å². The van der Waals surface area contributed by atoms with Gasteiger partial charge >= 0.3 is 23.2 Å². The molecular weight excluding hydrogens is 777 g/mol. The van der Waals surface area contributed by atoms with Crippen molar-refractivity contribution in [2.24, 2.45) is 0 Å². The quantitative estimate of drug-likeness (QED) is 0.0162. The number of allylic oxidation sites excluding steroid dienone is 2. The van der Waals surface area contributed by atoms with E-state index in [1.165, 1.54) is 141 Å². The van der Waals surface area contributed by atoms with E-state index in [1.807, 2.05) is 26.0 Å². The van der Waals surface area contributed by atoms with E-state index >= 15 is 0 Å². The van der Waals surface area contributed by atoms with Gasteiger partial charge in [0.2, 0.25) is 0 Å². The number of rotatable bonds is 31. The summed E-state index contributed by atoms with van der Waals surface area (Å²) in [5.74, 6) is 0.379. The summed E-state index contributed by atoms with van der Waals surface area (Å²) in [5.41, 5.74) is 1.81. The predicted octanol–water partition coefficient (Wildman–Crippen LogP) is 15.5. The first-order valence-electron chi connectivity index (χ1n) is 24.4. The summed E-state index contributed by atoms with van der Waals surface area (Å²) in [6.45, 7) is 8.24. The second kappa shape index (κ2) is 32.2. The smallest absolute Gasteiger partial charge is 0.336 e. The Morgan fingerprint density at radius 2 is 0.774 bits per heavy atom. The van der Waals surface area contributed by atoms with E-state index in [1.54, 1.807) is 24.3 Å². The first kappa shape index (κ1) is 51.9. The molecule has 2 aromatic carbocycles. The zero-order valence-corrected chi connectivity index (χ0v) is 38.8. The molecule has 0 saturated carbocycles. The molecule has 0 aliphatic heterocycles. The highest BCUT2D eigenvalue weighted by molar-refractivity contribution is 5.83. The van der Waals surface area contributed by atoms with E-state index in [0.29, 0.717) is 35.5 Å². The van der Waals surface area contributed by atoms with Crippen LogP contribution < -0.4 is 20.7 Å². The van der Waals surface area contributed by atoms with Crippen LogP contribution in [-0.2, 0) is 9.59 Å². The molecule has 2 heterocycles. The average Bonchev–Trinajstić information content (AvgIpc) is 3.23. The van der Waals surface area contributed by atoms with Crippen LogP contribution in [0.1, 0.15) is 205 Å². The van der Waals surface area contributed by atoms with E-state index in [9.17, 15) is 19.2 Å². The zero-order valence-electron chi connectivity index (χ0n) is 38.8. The van der Waals surface area contributed by atoms with Crippen LogP contribution in [0.5, 0.6) is 11.5 Å². The van der Waals surface area contributed by atoms with Crippen molar-refractivity contribution in [3.05, 3.63) is 92.7 Å². The fraction of sp³-hybridized carbons (Fsp3) is 0.593. The maximum Gasteiger partial charge on any atom is 0.336 e. The highest BCUT2D eigenvalue weighted by Crippen LogP contribution is 2.24. The molecule has 0 unspecified atom stereocenters. The van der Waals surface area contributed by atoms with E-state index in [0.717, 1.165) is 60.4 Å². The van der Waals surface area contributed by atoms with E-state index < -0.39 is 11.3 Å². The number of fused-ring (bicyclic) bond motifs is 2. The van der Waals surface area contributed by atoms with Gasteiger partial charge in [-0.05, 0) is 87.8 Å². The second-order valence-electron chi connectivity index (χ2n) is 17.1. The molecule has 8 nitrogen and oxygen atoms in total. The number of carbonyl (C=O) groups is 2. The predicted molar refractivity (Wildman–Crippen MR) is 255 cm³/mol. The first-order valence-corrected chi connectivity index (χ1v) is 24.4. The number of hydrogen-bond donors (Lipinski definition) is 0. The van der Waals surface area contributed by atoms with Crippen LogP contribution in [0.4, 0.5) is 0 Å². The molecule has 0 amide bonds. The van der Waals surface area contributed by atoms with Gasteiger partial charge in [-0.15, -0.1) is 0 Å². The Hall–Kier alpha value is -4.46. The van der Waals surface area contributed by atoms with E-state index in [-0.39, 0.29) is 11.9 Å². The highest BCUT2D eigenvalue weighted by atomic mass is 16.5. The summed E-state index contributed by atoms with van der Waals surface area (Å²) in [5, 5.41) is 1.70. The third kappa shape index (κ3) is 22.6. The third-order valence-electron chi connectivity index (χ3n) is 11.4. The van der Waals surface area contributed by atoms with Crippen molar-refractivity contribution in [1.82, 2.24) is 0 Å². The zero-order chi connectivity index (χ0) is 44.6. The lowest BCUT2D eigenvalue weighted by Gasteiger charge is -2.06. The number of hydrogen-bond acceptors (Lipinski definition) is 8. The van der Waals surface area contributed by atoms with Gasteiger partial charge in [-0.2, -0.15) is 0 Å². The summed E-state index contributed by atoms with van der Waals surface area (Å²) >= 11 is 0. The lowest BCUT2D eigenvalue weighted by atomic mass is 10.0. The largest absolute Gasteiger partial charge is 0.426 e. The summed E-state index contributed by atoms with van der Waals surface area (Å²) in [6.07, 6.45) is 38.2. The number of unbranched alkanes of at least 4 members (excludes halogenated alkanes) is 23. The van der Waals surface area contributed by atoms with Gasteiger partial charge < -0.3 is 18.3 Å². The Kier molecular flexibility index (Phi) is 27.0. The normalized spacial score (nSPS) is 11.3. The monoisotopic (exact) mass is 855 g/mol. The van der Waals surface area contributed by atoms with Crippen molar-refractivity contribution in [2.75, 3.05) is 0 Å². The fourth-order valence-corrected chi connectivity index (χ4v) is 7.73. The van der Waals surface area contributed by atoms with Gasteiger partial charge in [-0.3, -0.25) is 9.59 Å². The Labute approximate surface area is 372 Å². The molecular formula is C54H78O8. The minimum atomic E-state index is -0.397. The lowest BCUT2D eigenvalue weighted by molar-refractivity contribution is -0.135. The minimum Gasteiger partial charge on any atom is -0.426 e. The standard InChI is InChI=1S/C28H40O4.C26H38O4/c1-3-4-5-6-7-8-9-10-11-12-13-14-15-16-17-18-27(29)31-24-19-20-25-23(2)21-28(30)32-26(25)22-24;1-3-4-5-6-7-8-9-10-11-12-13-14-15-16-25(27)29-22-17-18-23-21(2)19-26(28)30-24(23)20-22/h10-11,19-22H,3-9,12-18H2,1-2H3;17-20H,3-16H2,1-2H3/b11-10+;. The molecule has 0 N–H and O–H groups in total. The summed E-state index contributed by atoms with van der Waals surface area (Å²) < 4.78 is 21.2. The lowest BCUT2D eigenvalue weighted by Crippen LogP contribution is -2.07. The van der Waals surface area contributed by atoms with E-state index in [4.69, 9.17) is 18.3 Å². The molecule has 0 bridgehead atoms. The van der Waals surface area contributed by atoms with Crippen LogP contribution in [0, 0.1) is 13.8 Å². The summed E-state index contributed by atoms with van der Waals surface area (Å²) in [6, 6.07) is 13.3. The molecule has 0 aliphatic carbocycles. The molecule has 4 aromatic rings. The van der Waals surface area contributed by atoms with Crippen LogP contribution in [0.25, 0.3) is 21.9 Å². The van der Waals surface area contributed by atoms with Crippen LogP contribution in [0.3, 0.4) is 0 Å². The van der Waals surface area contributed by atoms with Crippen molar-refractivity contribution < 1.29 is 27.9 Å². The Balaban J connectivity index is 0.000000331. The Morgan fingerprint density at radius 1 is 0.452 bits per heavy atom. The van der Waals surface area contributed by atoms with Crippen molar-refractivity contribution in [3.63, 3.8) is 0 Å². The maximum absolute atomic E-state index is 12.1. The Morgan fingerprint density at radius 3 is 1.13 bits per heavy atom. The molecule has 4 rings (SSSR count). The molecule has 0 spiro atoms. The molecule has 62 heavy (non-hydrogen) atoms. The fourth-order valence-electron chi connectivity index (χ4n) is 7.73. The summed E-state index contributed by atoms with van der Waals surface area (Å²) in [7, 11) is 0. The van der Waals surface area contributed by atoms with Crippen LogP contribution in [0.15, 0.2) is 79.1 Å². The molecule has 0 atom stereocenters. The van der Waals surface area contributed by atoms with Gasteiger partial charge in [-0.25, -0.2) is 9.59 Å². The molecule has 0 radical (unpaired) electrons. The van der Waals surface area contributed by atoms with Crippen LogP contribution in [-0.4, -0.2) is 11.9 Å². The van der Waals surface area contributed by atoms with E-state index in [2.05, 4.69) is 26.0 Å². The molecule has 342 valence electrons. The van der Waals surface area contributed by atoms with Crippen molar-refractivity contribution in [1.29, 1.82) is 0 Å². The molecule has 0 saturated heterocycles. The number of aryl methyl sites for hydroxylation is 2. The molecule has 0 aliphatic rings. The van der Waals surface area contributed by atoms with Gasteiger partial charge in [0.15, 0.2) is 0 Å². The number of benzene rings is 2. The van der Waals surface area contributed by atoms with Crippen LogP contribution in [0.2, 0.25) is 0 Å². The number of ether oxygens (including phenoxy) is 2. The Bertz CT molecular complexity index is 2000. The number of carbonyl (C=O) groups excluding carboxylic acids is 2. The van der Waals surface area contributed by atoms with Gasteiger partial charge in [0, 0.05) is 47.9 Å². The van der Waals surface area contributed by atoms with Gasteiger partial charge in [0.05, 0.1) is 0 Å². The summed E-state index contributed by atoms with van der Waals surface area (Å²) in [4.78, 5) is 47.2.